The van der Waals surface area contributed by atoms with Crippen LogP contribution in [0.1, 0.15) is 32.0 Å². The molecule has 0 saturated heterocycles. The number of nitrogens with zero attached hydrogens (tertiary/aromatic N) is 3. The van der Waals surface area contributed by atoms with Gasteiger partial charge in [0.15, 0.2) is 5.82 Å². The molecule has 2 N–H and O–H groups in total. The quantitative estimate of drug-likeness (QED) is 0.674. The third-order valence-electron chi connectivity index (χ3n) is 2.64. The molecular weight excluding hydrogens is 290 g/mol. The molecule has 0 amide bonds. The summed E-state index contributed by atoms with van der Waals surface area (Å²) in [7, 11) is 0. The first-order valence-electron chi connectivity index (χ1n) is 6.38. The van der Waals surface area contributed by atoms with E-state index >= 15 is 0 Å². The van der Waals surface area contributed by atoms with Crippen molar-refractivity contribution in [3.63, 3.8) is 0 Å². The van der Waals surface area contributed by atoms with E-state index in [0.29, 0.717) is 16.5 Å². The van der Waals surface area contributed by atoms with Crippen molar-refractivity contribution in [2.45, 2.75) is 26.2 Å². The first-order chi connectivity index (χ1) is 9.86. The van der Waals surface area contributed by atoms with Crippen molar-refractivity contribution in [1.82, 2.24) is 15.2 Å². The first kappa shape index (κ1) is 15.2. The number of hydrazone groups is 1. The van der Waals surface area contributed by atoms with Gasteiger partial charge in [-0.15, -0.1) is 0 Å². The van der Waals surface area contributed by atoms with E-state index in [2.05, 4.69) is 25.7 Å². The van der Waals surface area contributed by atoms with E-state index in [1.807, 2.05) is 32.9 Å². The lowest BCUT2D eigenvalue weighted by Gasteiger charge is -2.18. The van der Waals surface area contributed by atoms with Gasteiger partial charge < -0.3 is 0 Å². The predicted molar refractivity (Wildman–Crippen MR) is 84.0 cm³/mol. The Morgan fingerprint density at radius 1 is 1.38 bits per heavy atom. The van der Waals surface area contributed by atoms with Crippen LogP contribution in [0.4, 0.5) is 5.82 Å². The number of nitrogens with one attached hydrogen (secondary N) is 2. The van der Waals surface area contributed by atoms with Gasteiger partial charge in [0.25, 0.3) is 0 Å². The molecule has 2 rings (SSSR count). The molecule has 21 heavy (non-hydrogen) atoms. The Balaban J connectivity index is 2.24. The Bertz CT molecular complexity index is 718. The highest BCUT2D eigenvalue weighted by atomic mass is 35.5. The molecule has 7 heteroatoms. The Kier molecular flexibility index (Phi) is 4.37. The summed E-state index contributed by atoms with van der Waals surface area (Å²) in [6, 6.07) is 7.26. The van der Waals surface area contributed by atoms with Crippen molar-refractivity contribution < 1.29 is 0 Å². The molecule has 0 unspecified atom stereocenters. The fourth-order valence-corrected chi connectivity index (χ4v) is 1.89. The first-order valence-corrected chi connectivity index (χ1v) is 6.76. The average molecular weight is 306 g/mol. The standard InChI is InChI=1S/C14H16ClN5O/c1-14(2,3)11-12(17-13(21)20-18-11)19-16-8-9-5-4-6-10(15)7-9/h4-8H,1-3H3,(H2,17,19,20,21)/b16-8+. The number of rotatable bonds is 3. The van der Waals surface area contributed by atoms with E-state index in [1.165, 1.54) is 0 Å². The van der Waals surface area contributed by atoms with Crippen LogP contribution < -0.4 is 11.1 Å². The lowest BCUT2D eigenvalue weighted by atomic mass is 9.92. The van der Waals surface area contributed by atoms with Gasteiger partial charge in [-0.2, -0.15) is 15.2 Å². The number of anilines is 1. The van der Waals surface area contributed by atoms with Crippen LogP contribution in [0.3, 0.4) is 0 Å². The number of halogens is 1. The van der Waals surface area contributed by atoms with E-state index in [4.69, 9.17) is 11.6 Å². The molecule has 0 atom stereocenters. The van der Waals surface area contributed by atoms with Crippen LogP contribution in [-0.2, 0) is 5.41 Å². The van der Waals surface area contributed by atoms with Crippen molar-refractivity contribution in [1.29, 1.82) is 0 Å². The SMILES string of the molecule is CC(C)(C)c1n[nH]c(=O)nc1N/N=C/c1cccc(Cl)c1. The van der Waals surface area contributed by atoms with Crippen LogP contribution in [0.15, 0.2) is 34.2 Å². The Morgan fingerprint density at radius 2 is 2.14 bits per heavy atom. The van der Waals surface area contributed by atoms with E-state index in [0.717, 1.165) is 5.56 Å². The van der Waals surface area contributed by atoms with Gasteiger partial charge >= 0.3 is 5.69 Å². The predicted octanol–water partition coefficient (Wildman–Crippen LogP) is 2.56. The molecule has 0 aliphatic rings. The monoisotopic (exact) mass is 305 g/mol. The second-order valence-corrected chi connectivity index (χ2v) is 5.95. The normalized spacial score (nSPS) is 11.8. The molecule has 0 aliphatic heterocycles. The summed E-state index contributed by atoms with van der Waals surface area (Å²) >= 11 is 5.90. The molecule has 0 radical (unpaired) electrons. The number of benzene rings is 1. The number of hydrogen-bond acceptors (Lipinski definition) is 5. The van der Waals surface area contributed by atoms with Gasteiger partial charge in [0.1, 0.15) is 5.69 Å². The Labute approximate surface area is 127 Å². The summed E-state index contributed by atoms with van der Waals surface area (Å²) in [6.07, 6.45) is 1.60. The van der Waals surface area contributed by atoms with Crippen molar-refractivity contribution in [2.24, 2.45) is 5.10 Å². The van der Waals surface area contributed by atoms with Crippen LogP contribution in [0.2, 0.25) is 5.02 Å². The van der Waals surface area contributed by atoms with Gasteiger partial charge in [-0.3, -0.25) is 5.43 Å². The smallest absolute Gasteiger partial charge is 0.260 e. The van der Waals surface area contributed by atoms with Gasteiger partial charge in [-0.25, -0.2) is 9.89 Å². The molecule has 0 aliphatic carbocycles. The second kappa shape index (κ2) is 6.05. The lowest BCUT2D eigenvalue weighted by Crippen LogP contribution is -2.24. The largest absolute Gasteiger partial charge is 0.363 e. The van der Waals surface area contributed by atoms with Gasteiger partial charge in [0, 0.05) is 10.4 Å². The maximum Gasteiger partial charge on any atom is 0.363 e. The number of hydrogen-bond donors (Lipinski definition) is 2. The number of aromatic nitrogens is 3. The van der Waals surface area contributed by atoms with Gasteiger partial charge in [0.2, 0.25) is 0 Å². The summed E-state index contributed by atoms with van der Waals surface area (Å²) in [6.45, 7) is 5.92. The molecule has 0 bridgehead atoms. The summed E-state index contributed by atoms with van der Waals surface area (Å²) in [5.74, 6) is 0.338. The van der Waals surface area contributed by atoms with Crippen molar-refractivity contribution >= 4 is 23.6 Å². The van der Waals surface area contributed by atoms with Crippen LogP contribution in [0.25, 0.3) is 0 Å². The van der Waals surface area contributed by atoms with Crippen LogP contribution in [-0.4, -0.2) is 21.4 Å². The molecule has 2 aromatic rings. The summed E-state index contributed by atoms with van der Waals surface area (Å²) in [5, 5.41) is 11.1. The lowest BCUT2D eigenvalue weighted by molar-refractivity contribution is 0.553. The summed E-state index contributed by atoms with van der Waals surface area (Å²) in [4.78, 5) is 15.2. The maximum absolute atomic E-state index is 11.3. The summed E-state index contributed by atoms with van der Waals surface area (Å²) < 4.78 is 0. The third-order valence-corrected chi connectivity index (χ3v) is 2.88. The zero-order chi connectivity index (χ0) is 15.5. The van der Waals surface area contributed by atoms with Crippen LogP contribution in [0, 0.1) is 0 Å². The fourth-order valence-electron chi connectivity index (χ4n) is 1.69. The minimum Gasteiger partial charge on any atom is -0.260 e. The van der Waals surface area contributed by atoms with Gasteiger partial charge in [-0.05, 0) is 17.7 Å². The highest BCUT2D eigenvalue weighted by Crippen LogP contribution is 2.24. The number of aromatic amines is 1. The van der Waals surface area contributed by atoms with Crippen LogP contribution in [0.5, 0.6) is 0 Å². The zero-order valence-electron chi connectivity index (χ0n) is 12.0. The Morgan fingerprint density at radius 3 is 2.81 bits per heavy atom. The van der Waals surface area contributed by atoms with Crippen molar-refractivity contribution in [2.75, 3.05) is 5.43 Å². The van der Waals surface area contributed by atoms with E-state index < -0.39 is 5.69 Å². The maximum atomic E-state index is 11.3. The van der Waals surface area contributed by atoms with E-state index in [-0.39, 0.29) is 5.41 Å². The topological polar surface area (TPSA) is 83.0 Å². The van der Waals surface area contributed by atoms with Crippen molar-refractivity contribution in [3.8, 4) is 0 Å². The zero-order valence-corrected chi connectivity index (χ0v) is 12.8. The highest BCUT2D eigenvalue weighted by molar-refractivity contribution is 6.30. The molecule has 1 aromatic carbocycles. The van der Waals surface area contributed by atoms with Crippen molar-refractivity contribution in [3.05, 3.63) is 51.0 Å². The minimum absolute atomic E-state index is 0.273. The highest BCUT2D eigenvalue weighted by Gasteiger charge is 2.21. The second-order valence-electron chi connectivity index (χ2n) is 5.51. The molecule has 1 heterocycles. The minimum atomic E-state index is -0.525. The molecule has 6 nitrogen and oxygen atoms in total. The molecule has 0 saturated carbocycles. The molecule has 1 aromatic heterocycles. The fraction of sp³-hybridized carbons (Fsp3) is 0.286. The third kappa shape index (κ3) is 4.13. The molecule has 0 fully saturated rings. The van der Waals surface area contributed by atoms with Gasteiger partial charge in [-0.1, -0.05) is 44.5 Å². The van der Waals surface area contributed by atoms with E-state index in [1.54, 1.807) is 18.3 Å². The summed E-state index contributed by atoms with van der Waals surface area (Å²) in [5.41, 5.74) is 3.43. The van der Waals surface area contributed by atoms with Gasteiger partial charge in [0.05, 0.1) is 6.21 Å². The molecule has 0 spiro atoms. The average Bonchev–Trinajstić information content (AvgIpc) is 2.37. The molecular formula is C14H16ClN5O. The Hall–Kier alpha value is -2.21. The van der Waals surface area contributed by atoms with E-state index in [9.17, 15) is 4.79 Å². The van der Waals surface area contributed by atoms with Crippen LogP contribution >= 0.6 is 11.6 Å². The molecule has 110 valence electrons. The number of H-pyrrole nitrogens is 1.